The van der Waals surface area contributed by atoms with Crippen molar-refractivity contribution in [3.8, 4) is 0 Å². The highest BCUT2D eigenvalue weighted by Gasteiger charge is 2.33. The van der Waals surface area contributed by atoms with E-state index in [-0.39, 0.29) is 11.6 Å². The number of amides is 1. The van der Waals surface area contributed by atoms with Crippen LogP contribution in [0.2, 0.25) is 0 Å². The van der Waals surface area contributed by atoms with Gasteiger partial charge in [-0.1, -0.05) is 35.9 Å². The molecule has 1 aliphatic heterocycles. The van der Waals surface area contributed by atoms with Crippen LogP contribution in [-0.4, -0.2) is 28.3 Å². The molecule has 3 rings (SSSR count). The maximum absolute atomic E-state index is 13.7. The van der Waals surface area contributed by atoms with Gasteiger partial charge in [0.15, 0.2) is 0 Å². The molecule has 0 radical (unpaired) electrons. The number of hydrogen-bond acceptors (Lipinski definition) is 4. The van der Waals surface area contributed by atoms with E-state index in [2.05, 4.69) is 5.32 Å². The predicted molar refractivity (Wildman–Crippen MR) is 91.7 cm³/mol. The highest BCUT2D eigenvalue weighted by atomic mass is 19.1. The van der Waals surface area contributed by atoms with Crippen LogP contribution in [0.1, 0.15) is 17.5 Å². The first-order valence-corrected chi connectivity index (χ1v) is 7.99. The molecule has 1 atom stereocenters. The molecule has 0 bridgehead atoms. The van der Waals surface area contributed by atoms with Crippen molar-refractivity contribution >= 4 is 17.3 Å². The quantitative estimate of drug-likeness (QED) is 0.668. The molecule has 0 spiro atoms. The van der Waals surface area contributed by atoms with Crippen molar-refractivity contribution in [2.24, 2.45) is 0 Å². The van der Waals surface area contributed by atoms with Crippen molar-refractivity contribution in [1.29, 1.82) is 0 Å². The summed E-state index contributed by atoms with van der Waals surface area (Å²) in [6.07, 6.45) is 0.512. The molecule has 1 fully saturated rings. The van der Waals surface area contributed by atoms with E-state index < -0.39 is 22.5 Å². The first-order chi connectivity index (χ1) is 12.0. The number of benzene rings is 2. The monoisotopic (exact) mass is 343 g/mol. The van der Waals surface area contributed by atoms with Gasteiger partial charge in [0.2, 0.25) is 11.7 Å². The zero-order chi connectivity index (χ0) is 18.0. The van der Waals surface area contributed by atoms with Crippen molar-refractivity contribution < 1.29 is 14.1 Å². The number of carbonyl (C=O) groups excluding carboxylic acids is 1. The van der Waals surface area contributed by atoms with Gasteiger partial charge >= 0.3 is 5.69 Å². The Labute approximate surface area is 144 Å². The van der Waals surface area contributed by atoms with Gasteiger partial charge < -0.3 is 10.2 Å². The van der Waals surface area contributed by atoms with Crippen LogP contribution in [0.5, 0.6) is 0 Å². The SMILES string of the molecule is Cc1ccc(CN2CCC(Nc3cccc(F)c3[N+](=O)[O-])C2=O)cc1. The van der Waals surface area contributed by atoms with Gasteiger partial charge in [-0.3, -0.25) is 14.9 Å². The third kappa shape index (κ3) is 3.60. The van der Waals surface area contributed by atoms with Crippen LogP contribution in [0.4, 0.5) is 15.8 Å². The Morgan fingerprint density at radius 2 is 2.00 bits per heavy atom. The van der Waals surface area contributed by atoms with Crippen LogP contribution in [0.3, 0.4) is 0 Å². The minimum atomic E-state index is -0.919. The number of carbonyl (C=O) groups is 1. The summed E-state index contributed by atoms with van der Waals surface area (Å²) in [5.74, 6) is -1.06. The minimum absolute atomic E-state index is 0.0283. The van der Waals surface area contributed by atoms with Crippen LogP contribution < -0.4 is 5.32 Å². The number of rotatable bonds is 5. The topological polar surface area (TPSA) is 75.5 Å². The van der Waals surface area contributed by atoms with Crippen LogP contribution in [0.25, 0.3) is 0 Å². The van der Waals surface area contributed by atoms with Gasteiger partial charge in [-0.25, -0.2) is 0 Å². The molecule has 2 aromatic carbocycles. The Morgan fingerprint density at radius 1 is 1.28 bits per heavy atom. The molecule has 0 aromatic heterocycles. The molecule has 0 aliphatic carbocycles. The van der Waals surface area contributed by atoms with Crippen LogP contribution in [-0.2, 0) is 11.3 Å². The van der Waals surface area contributed by atoms with Crippen LogP contribution in [0.15, 0.2) is 42.5 Å². The molecule has 2 aromatic rings. The van der Waals surface area contributed by atoms with E-state index in [4.69, 9.17) is 0 Å². The van der Waals surface area contributed by atoms with E-state index in [0.717, 1.165) is 17.2 Å². The summed E-state index contributed by atoms with van der Waals surface area (Å²) < 4.78 is 13.7. The lowest BCUT2D eigenvalue weighted by atomic mass is 10.1. The maximum Gasteiger partial charge on any atom is 0.327 e. The predicted octanol–water partition coefficient (Wildman–Crippen LogP) is 3.26. The molecular formula is C18H18FN3O3. The molecule has 0 saturated carbocycles. The highest BCUT2D eigenvalue weighted by molar-refractivity contribution is 5.87. The van der Waals surface area contributed by atoms with Gasteiger partial charge in [-0.2, -0.15) is 4.39 Å². The number of likely N-dealkylation sites (tertiary alicyclic amines) is 1. The summed E-state index contributed by atoms with van der Waals surface area (Å²) >= 11 is 0. The number of nitrogens with zero attached hydrogens (tertiary/aromatic N) is 2. The first kappa shape index (κ1) is 16.9. The zero-order valence-corrected chi connectivity index (χ0v) is 13.7. The first-order valence-electron chi connectivity index (χ1n) is 7.99. The smallest absolute Gasteiger partial charge is 0.327 e. The minimum Gasteiger partial charge on any atom is -0.368 e. The van der Waals surface area contributed by atoms with Gasteiger partial charge in [0.05, 0.1) is 4.92 Å². The summed E-state index contributed by atoms with van der Waals surface area (Å²) in [7, 11) is 0. The zero-order valence-electron chi connectivity index (χ0n) is 13.7. The second-order valence-electron chi connectivity index (χ2n) is 6.12. The summed E-state index contributed by atoms with van der Waals surface area (Å²) in [5, 5.41) is 13.9. The number of hydrogen-bond donors (Lipinski definition) is 1. The number of halogens is 1. The molecule has 1 amide bonds. The largest absolute Gasteiger partial charge is 0.368 e. The Kier molecular flexibility index (Phi) is 4.65. The molecule has 25 heavy (non-hydrogen) atoms. The van der Waals surface area contributed by atoms with Crippen molar-refractivity contribution in [2.45, 2.75) is 25.9 Å². The Bertz CT molecular complexity index is 808. The lowest BCUT2D eigenvalue weighted by Gasteiger charge is -2.18. The van der Waals surface area contributed by atoms with Gasteiger partial charge in [0.1, 0.15) is 11.7 Å². The van der Waals surface area contributed by atoms with E-state index in [9.17, 15) is 19.3 Å². The molecule has 6 nitrogen and oxygen atoms in total. The second kappa shape index (κ2) is 6.88. The summed E-state index contributed by atoms with van der Waals surface area (Å²) in [6, 6.07) is 11.2. The number of aryl methyl sites for hydroxylation is 1. The average Bonchev–Trinajstić information content (AvgIpc) is 2.90. The average molecular weight is 343 g/mol. The fourth-order valence-electron chi connectivity index (χ4n) is 2.95. The van der Waals surface area contributed by atoms with E-state index in [1.807, 2.05) is 31.2 Å². The van der Waals surface area contributed by atoms with E-state index in [1.54, 1.807) is 4.90 Å². The summed E-state index contributed by atoms with van der Waals surface area (Å²) in [4.78, 5) is 24.5. The number of nitro groups is 1. The van der Waals surface area contributed by atoms with Crippen LogP contribution >= 0.6 is 0 Å². The van der Waals surface area contributed by atoms with E-state index >= 15 is 0 Å². The number of nitrogens with one attached hydrogen (secondary N) is 1. The lowest BCUT2D eigenvalue weighted by Crippen LogP contribution is -2.33. The van der Waals surface area contributed by atoms with Crippen molar-refractivity contribution in [2.75, 3.05) is 11.9 Å². The number of para-hydroxylation sites is 1. The van der Waals surface area contributed by atoms with Crippen molar-refractivity contribution in [3.63, 3.8) is 0 Å². The van der Waals surface area contributed by atoms with Gasteiger partial charge in [-0.15, -0.1) is 0 Å². The lowest BCUT2D eigenvalue weighted by molar-refractivity contribution is -0.386. The Morgan fingerprint density at radius 3 is 2.68 bits per heavy atom. The fraction of sp³-hybridized carbons (Fsp3) is 0.278. The standard InChI is InChI=1S/C18H18FN3O3/c1-12-5-7-13(8-6-12)11-21-10-9-16(18(21)23)20-15-4-2-3-14(19)17(15)22(24)25/h2-8,16,20H,9-11H2,1H3. The van der Waals surface area contributed by atoms with E-state index in [1.165, 1.54) is 12.1 Å². The fourth-order valence-corrected chi connectivity index (χ4v) is 2.95. The molecule has 1 N–H and O–H groups in total. The summed E-state index contributed by atoms with van der Waals surface area (Å²) in [5.41, 5.74) is 1.57. The third-order valence-corrected chi connectivity index (χ3v) is 4.29. The molecule has 1 aliphatic rings. The van der Waals surface area contributed by atoms with Crippen LogP contribution in [0, 0.1) is 22.9 Å². The summed E-state index contributed by atoms with van der Waals surface area (Å²) in [6.45, 7) is 3.03. The molecule has 1 unspecified atom stereocenters. The molecule has 7 heteroatoms. The number of anilines is 1. The third-order valence-electron chi connectivity index (χ3n) is 4.29. The van der Waals surface area contributed by atoms with E-state index in [0.29, 0.717) is 19.5 Å². The van der Waals surface area contributed by atoms with Crippen molar-refractivity contribution in [3.05, 3.63) is 69.5 Å². The van der Waals surface area contributed by atoms with Gasteiger partial charge in [-0.05, 0) is 31.0 Å². The molecule has 1 heterocycles. The Hall–Kier alpha value is -2.96. The second-order valence-corrected chi connectivity index (χ2v) is 6.12. The Balaban J connectivity index is 1.72. The highest BCUT2D eigenvalue weighted by Crippen LogP contribution is 2.29. The molecule has 130 valence electrons. The normalized spacial score (nSPS) is 17.0. The molecular weight excluding hydrogens is 325 g/mol. The molecule has 1 saturated heterocycles. The van der Waals surface area contributed by atoms with Gasteiger partial charge in [0, 0.05) is 13.1 Å². The van der Waals surface area contributed by atoms with Crippen molar-refractivity contribution in [1.82, 2.24) is 4.90 Å². The van der Waals surface area contributed by atoms with Gasteiger partial charge in [0.25, 0.3) is 0 Å². The maximum atomic E-state index is 13.7. The number of nitro benzene ring substituents is 1.